The van der Waals surface area contributed by atoms with E-state index in [9.17, 15) is 22.8 Å². The van der Waals surface area contributed by atoms with Gasteiger partial charge >= 0.3 is 6.18 Å². The van der Waals surface area contributed by atoms with Gasteiger partial charge < -0.3 is 25.8 Å². The molecule has 1 aliphatic carbocycles. The lowest BCUT2D eigenvalue weighted by atomic mass is 9.84. The van der Waals surface area contributed by atoms with E-state index in [1.165, 1.54) is 56.0 Å². The maximum atomic E-state index is 12.5. The average Bonchev–Trinajstić information content (AvgIpc) is 3.02. The molecule has 240 valence electrons. The first-order valence-corrected chi connectivity index (χ1v) is 14.6. The van der Waals surface area contributed by atoms with Crippen LogP contribution in [0.1, 0.15) is 53.6 Å². The third-order valence-corrected chi connectivity index (χ3v) is 7.00. The Bertz CT molecular complexity index is 1280. The van der Waals surface area contributed by atoms with Crippen LogP contribution in [0.2, 0.25) is 5.02 Å². The van der Waals surface area contributed by atoms with Crippen LogP contribution in [0.15, 0.2) is 66.9 Å². The minimum atomic E-state index is -4.48. The topological polar surface area (TPSA) is 116 Å². The molecular formula is C32H40ClF3N4O4. The number of likely N-dealkylation sites (N-methyl/N-ethyl adjacent to an activating group) is 1. The van der Waals surface area contributed by atoms with Gasteiger partial charge in [0.25, 0.3) is 0 Å². The number of ether oxygens (including phenoxy) is 2. The van der Waals surface area contributed by atoms with Crippen molar-refractivity contribution in [2.24, 2.45) is 11.7 Å². The van der Waals surface area contributed by atoms with Crippen LogP contribution in [0, 0.1) is 5.92 Å². The number of nitrogens with one attached hydrogen (secondary N) is 2. The second-order valence-corrected chi connectivity index (χ2v) is 10.4. The number of halogens is 4. The van der Waals surface area contributed by atoms with Crippen LogP contribution >= 0.6 is 11.6 Å². The van der Waals surface area contributed by atoms with E-state index in [1.54, 1.807) is 14.2 Å². The standard InChI is InChI=1S/C13H7ClF3NO2.C11H23N3O.C8H10O/c14-10-6-9(13(15,16)17)3-4-11(10)20-12-8(7-19)2-1-5-18-12;1-13-8-11(15)14-10(7-12)9-5-3-2-4-6-9;1-9-7-8-5-3-2-4-6-8/h1-7H;9-10,13H,2-8,12H2,1H3,(H,14,15);2-6H,7H2,1H3. The van der Waals surface area contributed by atoms with Crippen molar-refractivity contribution in [2.45, 2.75) is 50.9 Å². The predicted octanol–water partition coefficient (Wildman–Crippen LogP) is 6.42. The molecule has 0 aliphatic heterocycles. The fraction of sp³-hybridized carbons (Fsp3) is 0.406. The molecular weight excluding hydrogens is 597 g/mol. The predicted molar refractivity (Wildman–Crippen MR) is 165 cm³/mol. The van der Waals surface area contributed by atoms with Crippen molar-refractivity contribution in [3.8, 4) is 11.6 Å². The van der Waals surface area contributed by atoms with Gasteiger partial charge in [0, 0.05) is 25.9 Å². The summed E-state index contributed by atoms with van der Waals surface area (Å²) < 4.78 is 47.6. The van der Waals surface area contributed by atoms with Gasteiger partial charge in [0.1, 0.15) is 5.75 Å². The van der Waals surface area contributed by atoms with E-state index >= 15 is 0 Å². The van der Waals surface area contributed by atoms with Crippen LogP contribution in [0.5, 0.6) is 11.6 Å². The first-order valence-electron chi connectivity index (χ1n) is 14.2. The average molecular weight is 637 g/mol. The van der Waals surface area contributed by atoms with Crippen molar-refractivity contribution in [1.82, 2.24) is 15.6 Å². The zero-order valence-electron chi connectivity index (χ0n) is 24.9. The van der Waals surface area contributed by atoms with E-state index in [4.69, 9.17) is 26.8 Å². The highest BCUT2D eigenvalue weighted by molar-refractivity contribution is 6.32. The molecule has 3 aromatic rings. The van der Waals surface area contributed by atoms with E-state index < -0.39 is 11.7 Å². The van der Waals surface area contributed by atoms with Gasteiger partial charge in [-0.2, -0.15) is 13.2 Å². The minimum Gasteiger partial charge on any atom is -0.437 e. The summed E-state index contributed by atoms with van der Waals surface area (Å²) in [5.41, 5.74) is 6.22. The molecule has 8 nitrogen and oxygen atoms in total. The second-order valence-electron chi connectivity index (χ2n) is 10.0. The Morgan fingerprint density at radius 2 is 1.82 bits per heavy atom. The summed E-state index contributed by atoms with van der Waals surface area (Å²) in [4.78, 5) is 26.0. The molecule has 1 amide bonds. The SMILES string of the molecule is CNCC(=O)NC(CN)C1CCCCC1.COCc1ccccc1.O=Cc1cccnc1Oc1ccc(C(F)(F)F)cc1Cl. The van der Waals surface area contributed by atoms with E-state index in [0.717, 1.165) is 18.2 Å². The summed E-state index contributed by atoms with van der Waals surface area (Å²) in [5, 5.41) is 5.64. The lowest BCUT2D eigenvalue weighted by Gasteiger charge is -2.30. The van der Waals surface area contributed by atoms with Crippen LogP contribution in [0.3, 0.4) is 0 Å². The van der Waals surface area contributed by atoms with Crippen LogP contribution < -0.4 is 21.1 Å². The number of carbonyl (C=O) groups is 2. The van der Waals surface area contributed by atoms with E-state index in [2.05, 4.69) is 15.6 Å². The van der Waals surface area contributed by atoms with Crippen molar-refractivity contribution in [1.29, 1.82) is 0 Å². The molecule has 2 aromatic carbocycles. The summed E-state index contributed by atoms with van der Waals surface area (Å²) in [6, 6.07) is 15.9. The van der Waals surface area contributed by atoms with Crippen molar-refractivity contribution in [3.63, 3.8) is 0 Å². The van der Waals surface area contributed by atoms with Crippen LogP contribution in [-0.4, -0.2) is 50.5 Å². The van der Waals surface area contributed by atoms with Crippen LogP contribution in [0.4, 0.5) is 13.2 Å². The molecule has 1 heterocycles. The molecule has 1 aliphatic rings. The summed E-state index contributed by atoms with van der Waals surface area (Å²) >= 11 is 5.74. The summed E-state index contributed by atoms with van der Waals surface area (Å²) in [6.07, 6.45) is 3.75. The highest BCUT2D eigenvalue weighted by atomic mass is 35.5. The number of amides is 1. The molecule has 4 N–H and O–H groups in total. The third-order valence-electron chi connectivity index (χ3n) is 6.70. The number of methoxy groups -OCH3 is 1. The zero-order valence-corrected chi connectivity index (χ0v) is 25.7. The van der Waals surface area contributed by atoms with Gasteiger partial charge in [0.2, 0.25) is 11.8 Å². The Labute approximate surface area is 261 Å². The summed E-state index contributed by atoms with van der Waals surface area (Å²) in [5.74, 6) is 0.605. The highest BCUT2D eigenvalue weighted by Gasteiger charge is 2.31. The van der Waals surface area contributed by atoms with Crippen molar-refractivity contribution < 1.29 is 32.2 Å². The van der Waals surface area contributed by atoms with Crippen LogP contribution in [-0.2, 0) is 22.3 Å². The molecule has 1 atom stereocenters. The van der Waals surface area contributed by atoms with Crippen molar-refractivity contribution >= 4 is 23.8 Å². The Morgan fingerprint density at radius 1 is 1.11 bits per heavy atom. The first kappa shape index (κ1) is 36.7. The fourth-order valence-corrected chi connectivity index (χ4v) is 4.73. The second kappa shape index (κ2) is 19.7. The summed E-state index contributed by atoms with van der Waals surface area (Å²) in [6.45, 7) is 1.64. The van der Waals surface area contributed by atoms with E-state index in [-0.39, 0.29) is 34.2 Å². The molecule has 4 rings (SSSR count). The zero-order chi connectivity index (χ0) is 32.4. The van der Waals surface area contributed by atoms with Gasteiger partial charge in [-0.25, -0.2) is 4.98 Å². The van der Waals surface area contributed by atoms with Gasteiger partial charge in [0.05, 0.1) is 29.3 Å². The van der Waals surface area contributed by atoms with Crippen LogP contribution in [0.25, 0.3) is 0 Å². The molecule has 1 fully saturated rings. The number of alkyl halides is 3. The number of aldehydes is 1. The van der Waals surface area contributed by atoms with Crippen molar-refractivity contribution in [3.05, 3.63) is 88.6 Å². The number of aromatic nitrogens is 1. The number of benzene rings is 2. The molecule has 0 spiro atoms. The smallest absolute Gasteiger partial charge is 0.416 e. The minimum absolute atomic E-state index is 0.0125. The molecule has 0 radical (unpaired) electrons. The fourth-order valence-electron chi connectivity index (χ4n) is 4.51. The normalized spacial score (nSPS) is 13.8. The van der Waals surface area contributed by atoms with Gasteiger partial charge in [0.15, 0.2) is 6.29 Å². The van der Waals surface area contributed by atoms with Gasteiger partial charge in [-0.05, 0) is 61.7 Å². The van der Waals surface area contributed by atoms with Crippen molar-refractivity contribution in [2.75, 3.05) is 27.2 Å². The van der Waals surface area contributed by atoms with Gasteiger partial charge in [-0.15, -0.1) is 0 Å². The largest absolute Gasteiger partial charge is 0.437 e. The van der Waals surface area contributed by atoms with E-state index in [0.29, 0.717) is 31.9 Å². The lowest BCUT2D eigenvalue weighted by Crippen LogP contribution is -2.48. The number of pyridine rings is 1. The Kier molecular flexibility index (Phi) is 16.4. The Balaban J connectivity index is 0.000000247. The Morgan fingerprint density at radius 3 is 2.39 bits per heavy atom. The highest BCUT2D eigenvalue weighted by Crippen LogP contribution is 2.36. The molecule has 44 heavy (non-hydrogen) atoms. The maximum absolute atomic E-state index is 12.5. The number of rotatable bonds is 10. The third kappa shape index (κ3) is 13.0. The molecule has 1 unspecified atom stereocenters. The summed E-state index contributed by atoms with van der Waals surface area (Å²) in [7, 11) is 3.48. The number of nitrogens with two attached hydrogens (primary N) is 1. The number of carbonyl (C=O) groups excluding carboxylic acids is 2. The Hall–Kier alpha value is -3.51. The maximum Gasteiger partial charge on any atom is 0.416 e. The first-order chi connectivity index (χ1) is 21.1. The number of hydrogen-bond donors (Lipinski definition) is 3. The molecule has 1 saturated carbocycles. The molecule has 0 bridgehead atoms. The van der Waals surface area contributed by atoms with Gasteiger partial charge in [-0.3, -0.25) is 9.59 Å². The number of nitrogens with zero attached hydrogens (tertiary/aromatic N) is 1. The molecule has 12 heteroatoms. The van der Waals surface area contributed by atoms with E-state index in [1.807, 2.05) is 30.3 Å². The molecule has 0 saturated heterocycles. The number of hydrogen-bond acceptors (Lipinski definition) is 7. The lowest BCUT2D eigenvalue weighted by molar-refractivity contribution is -0.137. The van der Waals surface area contributed by atoms with Gasteiger partial charge in [-0.1, -0.05) is 61.2 Å². The molecule has 1 aromatic heterocycles. The quantitative estimate of drug-likeness (QED) is 0.220. The monoisotopic (exact) mass is 636 g/mol.